The van der Waals surface area contributed by atoms with Gasteiger partial charge in [0.1, 0.15) is 11.3 Å². The van der Waals surface area contributed by atoms with E-state index in [4.69, 9.17) is 0 Å². The van der Waals surface area contributed by atoms with Crippen LogP contribution < -0.4 is 10.9 Å². The van der Waals surface area contributed by atoms with Gasteiger partial charge in [-0.25, -0.2) is 9.50 Å². The normalized spacial score (nSPS) is 10.9. The van der Waals surface area contributed by atoms with Gasteiger partial charge in [-0.15, -0.1) is 0 Å². The number of rotatable bonds is 2. The highest BCUT2D eigenvalue weighted by molar-refractivity contribution is 6.08. The van der Waals surface area contributed by atoms with Gasteiger partial charge in [-0.1, -0.05) is 0 Å². The molecule has 3 aromatic rings. The lowest BCUT2D eigenvalue weighted by atomic mass is 10.2. The molecule has 112 valence electrons. The van der Waals surface area contributed by atoms with E-state index in [1.54, 1.807) is 38.5 Å². The molecule has 0 spiro atoms. The molecule has 1 N–H and O–H groups in total. The summed E-state index contributed by atoms with van der Waals surface area (Å²) in [7, 11) is 1.64. The van der Waals surface area contributed by atoms with Crippen molar-refractivity contribution >= 4 is 17.2 Å². The predicted molar refractivity (Wildman–Crippen MR) is 82.1 cm³/mol. The molecule has 0 bridgehead atoms. The molecule has 7 nitrogen and oxygen atoms in total. The molecular formula is C15H15N5O2. The van der Waals surface area contributed by atoms with Crippen LogP contribution in [-0.2, 0) is 7.05 Å². The Morgan fingerprint density at radius 1 is 1.23 bits per heavy atom. The molecular weight excluding hydrogens is 282 g/mol. The molecule has 0 aliphatic carbocycles. The summed E-state index contributed by atoms with van der Waals surface area (Å²) in [5.74, 6) is -0.403. The Bertz CT molecular complexity index is 939. The molecule has 0 aromatic carbocycles. The fourth-order valence-corrected chi connectivity index (χ4v) is 2.17. The average Bonchev–Trinajstić information content (AvgIpc) is 2.90. The molecule has 22 heavy (non-hydrogen) atoms. The van der Waals surface area contributed by atoms with Gasteiger partial charge >= 0.3 is 0 Å². The number of pyridine rings is 1. The Balaban J connectivity index is 2.03. The van der Waals surface area contributed by atoms with Gasteiger partial charge in [-0.3, -0.25) is 9.59 Å². The first kappa shape index (κ1) is 14.0. The van der Waals surface area contributed by atoms with Gasteiger partial charge in [0.05, 0.1) is 6.20 Å². The number of aryl methyl sites for hydroxylation is 3. The fraction of sp³-hybridized carbons (Fsp3) is 0.200. The smallest absolute Gasteiger partial charge is 0.274 e. The van der Waals surface area contributed by atoms with Crippen LogP contribution in [0.15, 0.2) is 35.5 Å². The number of fused-ring (bicyclic) bond motifs is 1. The molecule has 0 unspecified atom stereocenters. The summed E-state index contributed by atoms with van der Waals surface area (Å²) in [6.07, 6.45) is 4.84. The van der Waals surface area contributed by atoms with E-state index in [1.165, 1.54) is 15.3 Å². The Morgan fingerprint density at radius 2 is 2.00 bits per heavy atom. The van der Waals surface area contributed by atoms with Crippen LogP contribution in [0.2, 0.25) is 0 Å². The quantitative estimate of drug-likeness (QED) is 0.773. The predicted octanol–water partition coefficient (Wildman–Crippen LogP) is 1.30. The fourth-order valence-electron chi connectivity index (χ4n) is 2.17. The number of amides is 1. The first-order chi connectivity index (χ1) is 10.5. The number of hydrogen-bond acceptors (Lipinski definition) is 4. The molecule has 0 atom stereocenters. The Morgan fingerprint density at radius 3 is 2.77 bits per heavy atom. The van der Waals surface area contributed by atoms with E-state index in [-0.39, 0.29) is 11.2 Å². The van der Waals surface area contributed by atoms with Crippen molar-refractivity contribution in [2.45, 2.75) is 13.8 Å². The van der Waals surface area contributed by atoms with Gasteiger partial charge in [-0.2, -0.15) is 5.10 Å². The summed E-state index contributed by atoms with van der Waals surface area (Å²) in [6.45, 7) is 3.61. The second-order valence-corrected chi connectivity index (χ2v) is 5.14. The zero-order chi connectivity index (χ0) is 15.9. The molecule has 3 aromatic heterocycles. The second-order valence-electron chi connectivity index (χ2n) is 5.14. The van der Waals surface area contributed by atoms with Crippen LogP contribution in [0.3, 0.4) is 0 Å². The molecule has 3 rings (SSSR count). The van der Waals surface area contributed by atoms with E-state index >= 15 is 0 Å². The number of carbonyl (C=O) groups is 1. The van der Waals surface area contributed by atoms with Crippen LogP contribution in [0.25, 0.3) is 5.65 Å². The van der Waals surface area contributed by atoms with E-state index in [2.05, 4.69) is 15.4 Å². The molecule has 1 amide bonds. The maximum Gasteiger partial charge on any atom is 0.274 e. The van der Waals surface area contributed by atoms with Gasteiger partial charge in [0.15, 0.2) is 5.65 Å². The largest absolute Gasteiger partial charge is 0.317 e. The van der Waals surface area contributed by atoms with E-state index < -0.39 is 5.91 Å². The highest BCUT2D eigenvalue weighted by Crippen LogP contribution is 2.13. The molecule has 3 heterocycles. The number of nitrogens with zero attached hydrogens (tertiary/aromatic N) is 4. The number of carbonyl (C=O) groups excluding carboxylic acids is 1. The molecule has 0 saturated carbocycles. The minimum atomic E-state index is -0.403. The summed E-state index contributed by atoms with van der Waals surface area (Å²) in [6, 6.07) is 3.58. The van der Waals surface area contributed by atoms with Crippen LogP contribution in [0, 0.1) is 13.8 Å². The second kappa shape index (κ2) is 5.10. The molecule has 7 heteroatoms. The van der Waals surface area contributed by atoms with Crippen molar-refractivity contribution in [1.82, 2.24) is 19.2 Å². The average molecular weight is 297 g/mol. The van der Waals surface area contributed by atoms with Gasteiger partial charge < -0.3 is 9.88 Å². The summed E-state index contributed by atoms with van der Waals surface area (Å²) in [4.78, 5) is 28.9. The van der Waals surface area contributed by atoms with E-state index in [9.17, 15) is 9.59 Å². The molecule has 0 aliphatic rings. The Labute approximate surface area is 126 Å². The zero-order valence-electron chi connectivity index (χ0n) is 12.5. The number of hydrogen-bond donors (Lipinski definition) is 1. The van der Waals surface area contributed by atoms with Crippen LogP contribution in [-0.4, -0.2) is 25.1 Å². The SMILES string of the molecule is Cc1ccn2ncc(C(=O)Nc3c(C)ccn(C)c3=O)c2n1. The number of anilines is 1. The molecule has 0 saturated heterocycles. The number of aromatic nitrogens is 4. The number of nitrogens with one attached hydrogen (secondary N) is 1. The van der Waals surface area contributed by atoms with Crippen LogP contribution in [0.1, 0.15) is 21.6 Å². The molecule has 0 fully saturated rings. The minimum Gasteiger partial charge on any atom is -0.317 e. The van der Waals surface area contributed by atoms with Crippen molar-refractivity contribution in [2.24, 2.45) is 7.05 Å². The van der Waals surface area contributed by atoms with Crippen LogP contribution in [0.5, 0.6) is 0 Å². The third-order valence-electron chi connectivity index (χ3n) is 3.47. The standard InChI is InChI=1S/C15H15N5O2/c1-9-4-6-19(3)15(22)12(9)18-14(21)11-8-16-20-7-5-10(2)17-13(11)20/h4-8H,1-3H3,(H,18,21). The molecule has 0 radical (unpaired) electrons. The van der Waals surface area contributed by atoms with E-state index in [1.807, 2.05) is 6.92 Å². The highest BCUT2D eigenvalue weighted by atomic mass is 16.2. The van der Waals surface area contributed by atoms with Crippen LogP contribution in [0.4, 0.5) is 5.69 Å². The van der Waals surface area contributed by atoms with Crippen molar-refractivity contribution in [3.63, 3.8) is 0 Å². The topological polar surface area (TPSA) is 81.3 Å². The van der Waals surface area contributed by atoms with Gasteiger partial charge in [0.2, 0.25) is 0 Å². The van der Waals surface area contributed by atoms with Gasteiger partial charge in [0.25, 0.3) is 11.5 Å². The van der Waals surface area contributed by atoms with Crippen molar-refractivity contribution in [3.8, 4) is 0 Å². The van der Waals surface area contributed by atoms with E-state index in [0.29, 0.717) is 16.8 Å². The summed E-state index contributed by atoms with van der Waals surface area (Å²) in [5, 5.41) is 6.76. The summed E-state index contributed by atoms with van der Waals surface area (Å²) in [5.41, 5.74) is 2.29. The van der Waals surface area contributed by atoms with Crippen molar-refractivity contribution in [2.75, 3.05) is 5.32 Å². The highest BCUT2D eigenvalue weighted by Gasteiger charge is 2.17. The monoisotopic (exact) mass is 297 g/mol. The lowest BCUT2D eigenvalue weighted by Gasteiger charge is -2.08. The van der Waals surface area contributed by atoms with Crippen molar-refractivity contribution < 1.29 is 4.79 Å². The first-order valence-electron chi connectivity index (χ1n) is 6.76. The minimum absolute atomic E-state index is 0.256. The third kappa shape index (κ3) is 2.26. The zero-order valence-corrected chi connectivity index (χ0v) is 12.5. The van der Waals surface area contributed by atoms with E-state index in [0.717, 1.165) is 5.69 Å². The lowest BCUT2D eigenvalue weighted by Crippen LogP contribution is -2.25. The first-order valence-corrected chi connectivity index (χ1v) is 6.76. The maximum absolute atomic E-state index is 12.5. The maximum atomic E-state index is 12.5. The Kier molecular flexibility index (Phi) is 3.25. The summed E-state index contributed by atoms with van der Waals surface area (Å²) >= 11 is 0. The van der Waals surface area contributed by atoms with Crippen LogP contribution >= 0.6 is 0 Å². The van der Waals surface area contributed by atoms with Crippen molar-refractivity contribution in [1.29, 1.82) is 0 Å². The Hall–Kier alpha value is -2.96. The summed E-state index contributed by atoms with van der Waals surface area (Å²) < 4.78 is 2.94. The van der Waals surface area contributed by atoms with Gasteiger partial charge in [-0.05, 0) is 31.5 Å². The molecule has 0 aliphatic heterocycles. The van der Waals surface area contributed by atoms with Gasteiger partial charge in [0, 0.05) is 25.1 Å². The lowest BCUT2D eigenvalue weighted by molar-refractivity contribution is 0.102. The third-order valence-corrected chi connectivity index (χ3v) is 3.47. The van der Waals surface area contributed by atoms with Crippen molar-refractivity contribution in [3.05, 3.63) is 57.9 Å².